The van der Waals surface area contributed by atoms with Crippen molar-refractivity contribution in [2.45, 2.75) is 6.92 Å². The Hall–Kier alpha value is -2.24. The number of amides is 1. The number of fused-ring (bicyclic) bond motifs is 1. The van der Waals surface area contributed by atoms with Gasteiger partial charge in [0, 0.05) is 19.1 Å². The molecule has 6 heteroatoms. The Labute approximate surface area is 97.5 Å². The summed E-state index contributed by atoms with van der Waals surface area (Å²) in [5.74, 6) is 0.113. The first-order chi connectivity index (χ1) is 8.11. The van der Waals surface area contributed by atoms with Crippen LogP contribution in [0.1, 0.15) is 17.3 Å². The average Bonchev–Trinajstić information content (AvgIpc) is 2.73. The molecular formula is C11H11NO5. The predicted molar refractivity (Wildman–Crippen MR) is 58.2 cm³/mol. The molecule has 1 aromatic rings. The molecule has 1 aliphatic rings. The van der Waals surface area contributed by atoms with Gasteiger partial charge in [-0.2, -0.15) is 0 Å². The largest absolute Gasteiger partial charge is 0.465 e. The summed E-state index contributed by atoms with van der Waals surface area (Å²) in [5, 5.41) is 2.54. The quantitative estimate of drug-likeness (QED) is 0.781. The van der Waals surface area contributed by atoms with Gasteiger partial charge in [0.15, 0.2) is 11.5 Å². The monoisotopic (exact) mass is 237 g/mol. The molecule has 0 aliphatic carbocycles. The van der Waals surface area contributed by atoms with Crippen LogP contribution in [0.3, 0.4) is 0 Å². The van der Waals surface area contributed by atoms with Crippen molar-refractivity contribution in [2.75, 3.05) is 19.2 Å². The number of hydrogen-bond acceptors (Lipinski definition) is 5. The van der Waals surface area contributed by atoms with Crippen molar-refractivity contribution < 1.29 is 23.8 Å². The van der Waals surface area contributed by atoms with Crippen molar-refractivity contribution in [1.29, 1.82) is 0 Å². The topological polar surface area (TPSA) is 73.9 Å². The number of nitrogens with one attached hydrogen (secondary N) is 1. The van der Waals surface area contributed by atoms with Crippen LogP contribution in [0.5, 0.6) is 11.5 Å². The number of carbonyl (C=O) groups excluding carboxylic acids is 2. The molecule has 0 radical (unpaired) electrons. The number of hydrogen-bond donors (Lipinski definition) is 1. The first-order valence-corrected chi connectivity index (χ1v) is 4.91. The Kier molecular flexibility index (Phi) is 2.86. The van der Waals surface area contributed by atoms with Gasteiger partial charge in [-0.05, 0) is 0 Å². The third-order valence-corrected chi connectivity index (χ3v) is 2.23. The lowest BCUT2D eigenvalue weighted by Crippen LogP contribution is -2.11. The smallest absolute Gasteiger partial charge is 0.340 e. The van der Waals surface area contributed by atoms with Gasteiger partial charge in [-0.1, -0.05) is 0 Å². The maximum Gasteiger partial charge on any atom is 0.340 e. The second kappa shape index (κ2) is 4.32. The van der Waals surface area contributed by atoms with Gasteiger partial charge < -0.3 is 19.5 Å². The van der Waals surface area contributed by atoms with Crippen LogP contribution in [-0.4, -0.2) is 25.8 Å². The van der Waals surface area contributed by atoms with Crippen molar-refractivity contribution in [3.05, 3.63) is 17.7 Å². The molecule has 1 amide bonds. The molecular weight excluding hydrogens is 226 g/mol. The number of anilines is 1. The molecule has 17 heavy (non-hydrogen) atoms. The molecule has 0 saturated carbocycles. The lowest BCUT2D eigenvalue weighted by atomic mass is 10.1. The number of ether oxygens (including phenoxy) is 3. The van der Waals surface area contributed by atoms with Crippen LogP contribution in [0, 0.1) is 0 Å². The molecule has 6 nitrogen and oxygen atoms in total. The van der Waals surface area contributed by atoms with E-state index in [0.717, 1.165) is 0 Å². The average molecular weight is 237 g/mol. The van der Waals surface area contributed by atoms with E-state index in [9.17, 15) is 9.59 Å². The van der Waals surface area contributed by atoms with Gasteiger partial charge in [0.25, 0.3) is 0 Å². The van der Waals surface area contributed by atoms with Crippen molar-refractivity contribution in [1.82, 2.24) is 0 Å². The van der Waals surface area contributed by atoms with E-state index in [1.54, 1.807) is 0 Å². The van der Waals surface area contributed by atoms with Crippen LogP contribution < -0.4 is 14.8 Å². The molecule has 1 aliphatic heterocycles. The maximum absolute atomic E-state index is 11.5. The normalized spacial score (nSPS) is 12.1. The van der Waals surface area contributed by atoms with E-state index >= 15 is 0 Å². The molecule has 1 N–H and O–H groups in total. The second-order valence-electron chi connectivity index (χ2n) is 3.42. The molecule has 90 valence electrons. The van der Waals surface area contributed by atoms with Gasteiger partial charge in [-0.25, -0.2) is 4.79 Å². The molecule has 0 aromatic heterocycles. The summed E-state index contributed by atoms with van der Waals surface area (Å²) in [7, 11) is 1.27. The van der Waals surface area contributed by atoms with E-state index in [4.69, 9.17) is 9.47 Å². The van der Waals surface area contributed by atoms with E-state index in [1.165, 1.54) is 26.2 Å². The van der Waals surface area contributed by atoms with E-state index < -0.39 is 5.97 Å². The molecule has 2 rings (SSSR count). The molecule has 1 aromatic carbocycles. The van der Waals surface area contributed by atoms with Gasteiger partial charge in [0.1, 0.15) is 0 Å². The van der Waals surface area contributed by atoms with E-state index in [1.807, 2.05) is 0 Å². The second-order valence-corrected chi connectivity index (χ2v) is 3.42. The highest BCUT2D eigenvalue weighted by Gasteiger charge is 2.21. The number of methoxy groups -OCH3 is 1. The standard InChI is InChI=1S/C11H11NO5/c1-6(13)12-8-4-10-9(16-5-17-10)3-7(8)11(14)15-2/h3-4H,5H2,1-2H3,(H,12,13). The zero-order chi connectivity index (χ0) is 12.4. The Balaban J connectivity index is 2.46. The third kappa shape index (κ3) is 2.15. The van der Waals surface area contributed by atoms with Crippen LogP contribution in [0.2, 0.25) is 0 Å². The zero-order valence-corrected chi connectivity index (χ0v) is 9.40. The Morgan fingerprint density at radius 2 is 1.94 bits per heavy atom. The fraction of sp³-hybridized carbons (Fsp3) is 0.273. The van der Waals surface area contributed by atoms with Gasteiger partial charge in [0.05, 0.1) is 18.4 Å². The van der Waals surface area contributed by atoms with Gasteiger partial charge in [-0.3, -0.25) is 4.79 Å². The van der Waals surface area contributed by atoms with Crippen molar-refractivity contribution in [3.63, 3.8) is 0 Å². The summed E-state index contributed by atoms with van der Waals surface area (Å²) in [6.07, 6.45) is 0. The molecule has 0 fully saturated rings. The van der Waals surface area contributed by atoms with Crippen molar-refractivity contribution in [2.24, 2.45) is 0 Å². The Morgan fingerprint density at radius 1 is 1.29 bits per heavy atom. The molecule has 0 spiro atoms. The van der Waals surface area contributed by atoms with Crippen LogP contribution in [0.15, 0.2) is 12.1 Å². The van der Waals surface area contributed by atoms with Crippen molar-refractivity contribution >= 4 is 17.6 Å². The molecule has 0 atom stereocenters. The number of benzene rings is 1. The van der Waals surface area contributed by atoms with Crippen LogP contribution in [-0.2, 0) is 9.53 Å². The summed E-state index contributed by atoms with van der Waals surface area (Å²) in [5.41, 5.74) is 0.570. The lowest BCUT2D eigenvalue weighted by Gasteiger charge is -2.09. The summed E-state index contributed by atoms with van der Waals surface area (Å²) in [6, 6.07) is 3.02. The minimum absolute atomic E-state index is 0.0967. The summed E-state index contributed by atoms with van der Waals surface area (Å²) in [4.78, 5) is 22.6. The number of rotatable bonds is 2. The highest BCUT2D eigenvalue weighted by molar-refractivity contribution is 6.01. The molecule has 0 unspecified atom stereocenters. The molecule has 0 saturated heterocycles. The SMILES string of the molecule is COC(=O)c1cc2c(cc1NC(C)=O)OCO2. The first-order valence-electron chi connectivity index (χ1n) is 4.91. The van der Waals surface area contributed by atoms with Crippen LogP contribution in [0.4, 0.5) is 5.69 Å². The number of carbonyl (C=O) groups is 2. The predicted octanol–water partition coefficient (Wildman–Crippen LogP) is 1.16. The zero-order valence-electron chi connectivity index (χ0n) is 9.40. The van der Waals surface area contributed by atoms with E-state index in [0.29, 0.717) is 17.2 Å². The van der Waals surface area contributed by atoms with E-state index in [-0.39, 0.29) is 18.3 Å². The summed E-state index contributed by atoms with van der Waals surface area (Å²) in [6.45, 7) is 1.45. The van der Waals surface area contributed by atoms with Gasteiger partial charge in [-0.15, -0.1) is 0 Å². The Morgan fingerprint density at radius 3 is 2.53 bits per heavy atom. The highest BCUT2D eigenvalue weighted by Crippen LogP contribution is 2.37. The van der Waals surface area contributed by atoms with Gasteiger partial charge in [0.2, 0.25) is 12.7 Å². The Bertz CT molecular complexity index is 483. The lowest BCUT2D eigenvalue weighted by molar-refractivity contribution is -0.114. The fourth-order valence-electron chi connectivity index (χ4n) is 1.51. The maximum atomic E-state index is 11.5. The molecule has 1 heterocycles. The number of esters is 1. The minimum atomic E-state index is -0.549. The van der Waals surface area contributed by atoms with Crippen LogP contribution in [0.25, 0.3) is 0 Å². The fourth-order valence-corrected chi connectivity index (χ4v) is 1.51. The minimum Gasteiger partial charge on any atom is -0.465 e. The van der Waals surface area contributed by atoms with Crippen molar-refractivity contribution in [3.8, 4) is 11.5 Å². The summed E-state index contributed by atoms with van der Waals surface area (Å²) >= 11 is 0. The summed E-state index contributed by atoms with van der Waals surface area (Å²) < 4.78 is 14.9. The molecule has 0 bridgehead atoms. The first kappa shape index (κ1) is 11.3. The van der Waals surface area contributed by atoms with Gasteiger partial charge >= 0.3 is 5.97 Å². The highest BCUT2D eigenvalue weighted by atomic mass is 16.7. The van der Waals surface area contributed by atoms with Crippen LogP contribution >= 0.6 is 0 Å². The third-order valence-electron chi connectivity index (χ3n) is 2.23. The van der Waals surface area contributed by atoms with E-state index in [2.05, 4.69) is 10.1 Å².